The summed E-state index contributed by atoms with van der Waals surface area (Å²) >= 11 is 0. The van der Waals surface area contributed by atoms with Gasteiger partial charge in [0.05, 0.1) is 11.8 Å². The predicted octanol–water partition coefficient (Wildman–Crippen LogP) is 1.55. The number of nitrogens with zero attached hydrogens (tertiary/aromatic N) is 1. The van der Waals surface area contributed by atoms with E-state index in [1.54, 1.807) is 0 Å². The van der Waals surface area contributed by atoms with E-state index in [0.29, 0.717) is 5.69 Å². The van der Waals surface area contributed by atoms with Gasteiger partial charge < -0.3 is 5.32 Å². The molecular formula is C14H16N2O4S. The molecule has 0 heterocycles. The Bertz CT molecular complexity index is 657. The van der Waals surface area contributed by atoms with Gasteiger partial charge >= 0.3 is 0 Å². The molecule has 112 valence electrons. The molecule has 1 aromatic rings. The largest absolute Gasteiger partial charge is 0.326 e. The molecule has 1 aromatic carbocycles. The number of hydrogen-bond acceptors (Lipinski definition) is 5. The van der Waals surface area contributed by atoms with Crippen molar-refractivity contribution >= 4 is 27.2 Å². The number of unbranched alkanes of at least 4 members (excludes halogenated alkanes) is 1. The molecule has 1 N–H and O–H groups in total. The fourth-order valence-electron chi connectivity index (χ4n) is 1.67. The molecule has 0 atom stereocenters. The number of amides is 1. The molecule has 6 nitrogen and oxygen atoms in total. The molecule has 0 saturated carbocycles. The SMILES string of the molecule is CC(=O)Nc1ccc(C(=O)CS(=O)(=O)CCCC#N)cc1. The van der Waals surface area contributed by atoms with Crippen molar-refractivity contribution in [1.82, 2.24) is 0 Å². The van der Waals surface area contributed by atoms with E-state index in [1.165, 1.54) is 31.2 Å². The van der Waals surface area contributed by atoms with E-state index in [-0.39, 0.29) is 30.1 Å². The maximum absolute atomic E-state index is 11.9. The Kier molecular flexibility index (Phi) is 6.06. The van der Waals surface area contributed by atoms with Crippen LogP contribution in [0.25, 0.3) is 0 Å². The Balaban J connectivity index is 2.67. The summed E-state index contributed by atoms with van der Waals surface area (Å²) in [6.45, 7) is 1.37. The number of nitrogens with one attached hydrogen (secondary N) is 1. The molecule has 0 spiro atoms. The van der Waals surface area contributed by atoms with Crippen molar-refractivity contribution in [2.75, 3.05) is 16.8 Å². The first-order valence-electron chi connectivity index (χ1n) is 6.32. The molecule has 0 aliphatic heterocycles. The minimum atomic E-state index is -3.50. The number of hydrogen-bond donors (Lipinski definition) is 1. The third-order valence-corrected chi connectivity index (χ3v) is 4.23. The summed E-state index contributed by atoms with van der Waals surface area (Å²) in [5.41, 5.74) is 0.809. The quantitative estimate of drug-likeness (QED) is 0.608. The van der Waals surface area contributed by atoms with Gasteiger partial charge in [-0.15, -0.1) is 0 Å². The van der Waals surface area contributed by atoms with Crippen molar-refractivity contribution in [2.45, 2.75) is 19.8 Å². The van der Waals surface area contributed by atoms with Crippen molar-refractivity contribution in [3.63, 3.8) is 0 Å². The third kappa shape index (κ3) is 6.19. The van der Waals surface area contributed by atoms with Gasteiger partial charge in [0.1, 0.15) is 5.75 Å². The van der Waals surface area contributed by atoms with Crippen LogP contribution in [0.2, 0.25) is 0 Å². The second-order valence-electron chi connectivity index (χ2n) is 4.54. The number of rotatable bonds is 7. The molecule has 21 heavy (non-hydrogen) atoms. The van der Waals surface area contributed by atoms with Crippen LogP contribution in [-0.4, -0.2) is 31.6 Å². The summed E-state index contributed by atoms with van der Waals surface area (Å²) in [5.74, 6) is -1.47. The Hall–Kier alpha value is -2.20. The van der Waals surface area contributed by atoms with Crippen LogP contribution in [0, 0.1) is 11.3 Å². The van der Waals surface area contributed by atoms with E-state index in [0.717, 1.165) is 0 Å². The Morgan fingerprint density at radius 2 is 1.86 bits per heavy atom. The van der Waals surface area contributed by atoms with E-state index in [9.17, 15) is 18.0 Å². The maximum Gasteiger partial charge on any atom is 0.221 e. The molecule has 1 amide bonds. The zero-order valence-corrected chi connectivity index (χ0v) is 12.4. The topological polar surface area (TPSA) is 104 Å². The second kappa shape index (κ2) is 7.55. The number of ketones is 1. The minimum absolute atomic E-state index is 0.152. The predicted molar refractivity (Wildman–Crippen MR) is 78.6 cm³/mol. The minimum Gasteiger partial charge on any atom is -0.326 e. The summed E-state index contributed by atoms with van der Waals surface area (Å²) in [6.07, 6.45) is 0.381. The average Bonchev–Trinajstić information content (AvgIpc) is 2.38. The van der Waals surface area contributed by atoms with Gasteiger partial charge in [-0.05, 0) is 30.7 Å². The van der Waals surface area contributed by atoms with Gasteiger partial charge in [0.2, 0.25) is 5.91 Å². The smallest absolute Gasteiger partial charge is 0.221 e. The third-order valence-electron chi connectivity index (χ3n) is 2.62. The number of carbonyl (C=O) groups is 2. The fraction of sp³-hybridized carbons (Fsp3) is 0.357. The molecule has 0 fully saturated rings. The highest BCUT2D eigenvalue weighted by Gasteiger charge is 2.17. The highest BCUT2D eigenvalue weighted by Crippen LogP contribution is 2.11. The molecule has 0 bridgehead atoms. The number of sulfone groups is 1. The van der Waals surface area contributed by atoms with Crippen molar-refractivity contribution in [1.29, 1.82) is 5.26 Å². The highest BCUT2D eigenvalue weighted by molar-refractivity contribution is 7.92. The lowest BCUT2D eigenvalue weighted by atomic mass is 10.1. The van der Waals surface area contributed by atoms with Crippen molar-refractivity contribution < 1.29 is 18.0 Å². The Labute approximate surface area is 123 Å². The Morgan fingerprint density at radius 3 is 2.38 bits per heavy atom. The van der Waals surface area contributed by atoms with Crippen molar-refractivity contribution in [3.05, 3.63) is 29.8 Å². The van der Waals surface area contributed by atoms with Gasteiger partial charge in [0.15, 0.2) is 15.6 Å². The lowest BCUT2D eigenvalue weighted by molar-refractivity contribution is -0.114. The highest BCUT2D eigenvalue weighted by atomic mass is 32.2. The van der Waals surface area contributed by atoms with Crippen LogP contribution in [0.1, 0.15) is 30.1 Å². The van der Waals surface area contributed by atoms with Crippen LogP contribution in [0.3, 0.4) is 0 Å². The van der Waals surface area contributed by atoms with Crippen LogP contribution < -0.4 is 5.32 Å². The zero-order chi connectivity index (χ0) is 15.9. The number of nitriles is 1. The summed E-state index contributed by atoms with van der Waals surface area (Å²) in [6, 6.07) is 7.88. The van der Waals surface area contributed by atoms with Gasteiger partial charge in [-0.25, -0.2) is 8.42 Å². The number of Topliss-reactive ketones (excluding diaryl/α,β-unsaturated/α-hetero) is 1. The maximum atomic E-state index is 11.9. The molecular weight excluding hydrogens is 292 g/mol. The Morgan fingerprint density at radius 1 is 1.24 bits per heavy atom. The van der Waals surface area contributed by atoms with Crippen LogP contribution in [0.4, 0.5) is 5.69 Å². The molecule has 0 aliphatic rings. The first-order chi connectivity index (χ1) is 9.84. The zero-order valence-electron chi connectivity index (χ0n) is 11.6. The van der Waals surface area contributed by atoms with E-state index in [2.05, 4.69) is 5.32 Å². The van der Waals surface area contributed by atoms with E-state index in [1.807, 2.05) is 6.07 Å². The molecule has 0 unspecified atom stereocenters. The van der Waals surface area contributed by atoms with Gasteiger partial charge in [-0.1, -0.05) is 0 Å². The summed E-state index contributed by atoms with van der Waals surface area (Å²) in [4.78, 5) is 22.8. The molecule has 0 radical (unpaired) electrons. The van der Waals surface area contributed by atoms with Crippen LogP contribution in [0.15, 0.2) is 24.3 Å². The van der Waals surface area contributed by atoms with Crippen LogP contribution in [0.5, 0.6) is 0 Å². The molecule has 0 aliphatic carbocycles. The van der Waals surface area contributed by atoms with Crippen molar-refractivity contribution in [2.24, 2.45) is 0 Å². The first-order valence-corrected chi connectivity index (χ1v) is 8.14. The van der Waals surface area contributed by atoms with Gasteiger partial charge in [-0.3, -0.25) is 9.59 Å². The van der Waals surface area contributed by atoms with E-state index < -0.39 is 21.4 Å². The fourth-order valence-corrected chi connectivity index (χ4v) is 2.96. The normalized spacial score (nSPS) is 10.7. The first kappa shape index (κ1) is 16.9. The van der Waals surface area contributed by atoms with Gasteiger partial charge in [-0.2, -0.15) is 5.26 Å². The van der Waals surface area contributed by atoms with Crippen molar-refractivity contribution in [3.8, 4) is 6.07 Å². The van der Waals surface area contributed by atoms with Gasteiger partial charge in [0, 0.05) is 24.6 Å². The molecule has 0 saturated heterocycles. The number of anilines is 1. The number of carbonyl (C=O) groups excluding carboxylic acids is 2. The standard InChI is InChI=1S/C14H16N2O4S/c1-11(17)16-13-6-4-12(5-7-13)14(18)10-21(19,20)9-3-2-8-15/h4-7H,2-3,9-10H2,1H3,(H,16,17). The molecule has 0 aromatic heterocycles. The summed E-state index contributed by atoms with van der Waals surface area (Å²) in [5, 5.41) is 10.9. The summed E-state index contributed by atoms with van der Waals surface area (Å²) in [7, 11) is -3.50. The van der Waals surface area contributed by atoms with E-state index in [4.69, 9.17) is 5.26 Å². The second-order valence-corrected chi connectivity index (χ2v) is 6.72. The van der Waals surface area contributed by atoms with E-state index >= 15 is 0 Å². The summed E-state index contributed by atoms with van der Waals surface area (Å²) < 4.78 is 23.4. The van der Waals surface area contributed by atoms with Gasteiger partial charge in [0.25, 0.3) is 0 Å². The lowest BCUT2D eigenvalue weighted by Crippen LogP contribution is -2.19. The van der Waals surface area contributed by atoms with Crippen LogP contribution in [-0.2, 0) is 14.6 Å². The molecule has 1 rings (SSSR count). The number of benzene rings is 1. The monoisotopic (exact) mass is 308 g/mol. The molecule has 7 heteroatoms. The lowest BCUT2D eigenvalue weighted by Gasteiger charge is -2.05. The average molecular weight is 308 g/mol. The van der Waals surface area contributed by atoms with Crippen LogP contribution >= 0.6 is 0 Å².